The molecular formula is C17H19ClFN5O. The third-order valence-electron chi connectivity index (χ3n) is 4.70. The number of anilines is 2. The third-order valence-corrected chi connectivity index (χ3v) is 4.99. The maximum Gasteiger partial charge on any atom is 0.247 e. The van der Waals surface area contributed by atoms with Gasteiger partial charge in [-0.1, -0.05) is 11.6 Å². The molecule has 0 saturated carbocycles. The van der Waals surface area contributed by atoms with Gasteiger partial charge in [0.25, 0.3) is 0 Å². The van der Waals surface area contributed by atoms with Crippen LogP contribution in [-0.2, 0) is 11.3 Å². The van der Waals surface area contributed by atoms with E-state index >= 15 is 0 Å². The van der Waals surface area contributed by atoms with Crippen LogP contribution in [-0.4, -0.2) is 35.3 Å². The van der Waals surface area contributed by atoms with E-state index in [1.807, 2.05) is 10.9 Å². The molecule has 0 radical (unpaired) electrons. The van der Waals surface area contributed by atoms with Gasteiger partial charge in [-0.2, -0.15) is 5.10 Å². The molecule has 4 rings (SSSR count). The lowest BCUT2D eigenvalue weighted by atomic mass is 10.1. The summed E-state index contributed by atoms with van der Waals surface area (Å²) in [5, 5.41) is 10.5. The number of carbonyl (C=O) groups is 1. The molecule has 0 spiro atoms. The first kappa shape index (κ1) is 16.4. The highest BCUT2D eigenvalue weighted by Gasteiger charge is 2.32. The second kappa shape index (κ2) is 6.65. The first-order chi connectivity index (χ1) is 12.1. The van der Waals surface area contributed by atoms with Crippen LogP contribution in [0.15, 0.2) is 24.4 Å². The van der Waals surface area contributed by atoms with Crippen molar-refractivity contribution in [3.05, 3.63) is 40.9 Å². The van der Waals surface area contributed by atoms with E-state index in [0.717, 1.165) is 43.9 Å². The van der Waals surface area contributed by atoms with E-state index in [1.54, 1.807) is 0 Å². The minimum atomic E-state index is -0.509. The largest absolute Gasteiger partial charge is 0.369 e. The summed E-state index contributed by atoms with van der Waals surface area (Å²) in [4.78, 5) is 15.1. The van der Waals surface area contributed by atoms with Crippen molar-refractivity contribution in [1.82, 2.24) is 15.1 Å². The Labute approximate surface area is 149 Å². The van der Waals surface area contributed by atoms with E-state index in [4.69, 9.17) is 11.6 Å². The van der Waals surface area contributed by atoms with Crippen LogP contribution in [0.25, 0.3) is 0 Å². The van der Waals surface area contributed by atoms with Gasteiger partial charge in [-0.05, 0) is 31.0 Å². The van der Waals surface area contributed by atoms with Crippen LogP contribution in [0.3, 0.4) is 0 Å². The smallest absolute Gasteiger partial charge is 0.247 e. The lowest BCUT2D eigenvalue weighted by molar-refractivity contribution is -0.118. The molecule has 0 aliphatic carbocycles. The highest BCUT2D eigenvalue weighted by molar-refractivity contribution is 6.31. The normalized spacial score (nSPS) is 19.8. The van der Waals surface area contributed by atoms with E-state index in [0.29, 0.717) is 12.2 Å². The fraction of sp³-hybridized carbons (Fsp3) is 0.412. The number of fused-ring (bicyclic) bond motifs is 1. The SMILES string of the molecule is O=C(Nc1ccc(F)c(Cl)c1)C1NCCn2ncc(N3CCCC3)c21. The molecule has 2 aliphatic rings. The van der Waals surface area contributed by atoms with Gasteiger partial charge in [0.2, 0.25) is 5.91 Å². The molecule has 1 unspecified atom stereocenters. The fourth-order valence-corrected chi connectivity index (χ4v) is 3.66. The van der Waals surface area contributed by atoms with E-state index in [2.05, 4.69) is 20.6 Å². The Hall–Kier alpha value is -2.12. The summed E-state index contributed by atoms with van der Waals surface area (Å²) in [6.45, 7) is 3.37. The van der Waals surface area contributed by atoms with Crippen molar-refractivity contribution in [3.63, 3.8) is 0 Å². The van der Waals surface area contributed by atoms with E-state index in [-0.39, 0.29) is 10.9 Å². The summed E-state index contributed by atoms with van der Waals surface area (Å²) in [6, 6.07) is 3.65. The quantitative estimate of drug-likeness (QED) is 0.879. The molecule has 2 aliphatic heterocycles. The van der Waals surface area contributed by atoms with Crippen molar-refractivity contribution in [3.8, 4) is 0 Å². The maximum atomic E-state index is 13.3. The topological polar surface area (TPSA) is 62.2 Å². The molecule has 132 valence electrons. The number of rotatable bonds is 3. The van der Waals surface area contributed by atoms with E-state index in [1.165, 1.54) is 18.2 Å². The van der Waals surface area contributed by atoms with Gasteiger partial charge < -0.3 is 10.2 Å². The van der Waals surface area contributed by atoms with Crippen molar-refractivity contribution in [2.75, 3.05) is 29.9 Å². The fourth-order valence-electron chi connectivity index (χ4n) is 3.48. The van der Waals surface area contributed by atoms with Crippen molar-refractivity contribution < 1.29 is 9.18 Å². The Morgan fingerprint density at radius 1 is 1.32 bits per heavy atom. The van der Waals surface area contributed by atoms with Crippen LogP contribution in [0.4, 0.5) is 15.8 Å². The Morgan fingerprint density at radius 3 is 2.88 bits per heavy atom. The molecule has 1 aromatic heterocycles. The minimum Gasteiger partial charge on any atom is -0.369 e. The average Bonchev–Trinajstić information content (AvgIpc) is 3.26. The van der Waals surface area contributed by atoms with Gasteiger partial charge in [-0.15, -0.1) is 0 Å². The van der Waals surface area contributed by atoms with Crippen LogP contribution < -0.4 is 15.5 Å². The number of nitrogens with zero attached hydrogens (tertiary/aromatic N) is 3. The average molecular weight is 364 g/mol. The maximum absolute atomic E-state index is 13.3. The lowest BCUT2D eigenvalue weighted by Gasteiger charge is -2.28. The van der Waals surface area contributed by atoms with Gasteiger partial charge in [0.05, 0.1) is 29.1 Å². The summed E-state index contributed by atoms with van der Waals surface area (Å²) in [6.07, 6.45) is 4.16. The second-order valence-electron chi connectivity index (χ2n) is 6.34. The number of halogens is 2. The van der Waals surface area contributed by atoms with E-state index < -0.39 is 11.9 Å². The van der Waals surface area contributed by atoms with Crippen molar-refractivity contribution in [2.45, 2.75) is 25.4 Å². The molecule has 3 heterocycles. The Bertz CT molecular complexity index is 802. The van der Waals surface area contributed by atoms with Gasteiger partial charge in [0.1, 0.15) is 11.9 Å². The molecule has 1 fully saturated rings. The highest BCUT2D eigenvalue weighted by Crippen LogP contribution is 2.31. The van der Waals surface area contributed by atoms with Crippen molar-refractivity contribution in [2.24, 2.45) is 0 Å². The van der Waals surface area contributed by atoms with Crippen LogP contribution in [0.5, 0.6) is 0 Å². The summed E-state index contributed by atoms with van der Waals surface area (Å²) >= 11 is 5.80. The van der Waals surface area contributed by atoms with Crippen LogP contribution in [0, 0.1) is 5.82 Å². The van der Waals surface area contributed by atoms with Gasteiger partial charge in [-0.3, -0.25) is 14.8 Å². The summed E-state index contributed by atoms with van der Waals surface area (Å²) in [5.41, 5.74) is 2.37. The number of hydrogen-bond acceptors (Lipinski definition) is 4. The zero-order valence-electron chi connectivity index (χ0n) is 13.6. The van der Waals surface area contributed by atoms with Gasteiger partial charge in [0.15, 0.2) is 0 Å². The molecule has 1 atom stereocenters. The van der Waals surface area contributed by atoms with Crippen LogP contribution in [0.2, 0.25) is 5.02 Å². The molecule has 1 amide bonds. The molecule has 1 aromatic carbocycles. The Morgan fingerprint density at radius 2 is 2.12 bits per heavy atom. The summed E-state index contributed by atoms with van der Waals surface area (Å²) in [5.74, 6) is -0.713. The van der Waals surface area contributed by atoms with Gasteiger partial charge >= 0.3 is 0 Å². The van der Waals surface area contributed by atoms with E-state index in [9.17, 15) is 9.18 Å². The summed E-state index contributed by atoms with van der Waals surface area (Å²) in [7, 11) is 0. The van der Waals surface area contributed by atoms with Gasteiger partial charge in [-0.25, -0.2) is 4.39 Å². The lowest BCUT2D eigenvalue weighted by Crippen LogP contribution is -2.41. The molecule has 8 heteroatoms. The number of benzene rings is 1. The van der Waals surface area contributed by atoms with Crippen LogP contribution >= 0.6 is 11.6 Å². The molecular weight excluding hydrogens is 345 g/mol. The first-order valence-corrected chi connectivity index (χ1v) is 8.81. The number of carbonyl (C=O) groups excluding carboxylic acids is 1. The molecule has 2 aromatic rings. The van der Waals surface area contributed by atoms with Crippen LogP contribution in [0.1, 0.15) is 24.6 Å². The standard InChI is InChI=1S/C17H19ClFN5O/c18-12-9-11(3-4-13(12)19)22-17(25)15-16-14(23-6-1-2-7-23)10-21-24(16)8-5-20-15/h3-4,9-10,15,20H,1-2,5-8H2,(H,22,25). The number of hydrogen-bond donors (Lipinski definition) is 2. The zero-order valence-corrected chi connectivity index (χ0v) is 14.4. The molecule has 6 nitrogen and oxygen atoms in total. The van der Waals surface area contributed by atoms with Gasteiger partial charge in [0, 0.05) is 25.3 Å². The summed E-state index contributed by atoms with van der Waals surface area (Å²) < 4.78 is 15.2. The molecule has 1 saturated heterocycles. The molecule has 25 heavy (non-hydrogen) atoms. The Balaban J connectivity index is 1.60. The zero-order chi connectivity index (χ0) is 17.4. The first-order valence-electron chi connectivity index (χ1n) is 8.43. The number of nitrogens with one attached hydrogen (secondary N) is 2. The minimum absolute atomic E-state index is 0.0165. The number of amides is 1. The predicted molar refractivity (Wildman–Crippen MR) is 94.5 cm³/mol. The second-order valence-corrected chi connectivity index (χ2v) is 6.74. The number of aromatic nitrogens is 2. The predicted octanol–water partition coefficient (Wildman–Crippen LogP) is 2.56. The molecule has 0 bridgehead atoms. The van der Waals surface area contributed by atoms with Crippen molar-refractivity contribution >= 4 is 28.9 Å². The Kier molecular flexibility index (Phi) is 4.35. The monoisotopic (exact) mass is 363 g/mol. The van der Waals surface area contributed by atoms with Crippen molar-refractivity contribution in [1.29, 1.82) is 0 Å². The highest BCUT2D eigenvalue weighted by atomic mass is 35.5. The third kappa shape index (κ3) is 3.09. The molecule has 2 N–H and O–H groups in total.